The average molecular weight is 438 g/mol. The van der Waals surface area contributed by atoms with E-state index >= 15 is 0 Å². The van der Waals surface area contributed by atoms with Gasteiger partial charge in [0, 0.05) is 30.1 Å². The van der Waals surface area contributed by atoms with E-state index in [1.807, 2.05) is 0 Å². The number of hydrogen-bond acceptors (Lipinski definition) is 5. The molecule has 1 heterocycles. The monoisotopic (exact) mass is 437 g/mol. The first-order chi connectivity index (χ1) is 14.1. The summed E-state index contributed by atoms with van der Waals surface area (Å²) in [7, 11) is 0. The lowest BCUT2D eigenvalue weighted by Crippen LogP contribution is -2.12. The van der Waals surface area contributed by atoms with E-state index in [2.05, 4.69) is 10.3 Å². The van der Waals surface area contributed by atoms with Crippen molar-refractivity contribution in [1.29, 1.82) is 0 Å². The number of hydrogen-bond donors (Lipinski definition) is 1. The maximum absolute atomic E-state index is 12.7. The van der Waals surface area contributed by atoms with Crippen LogP contribution in [0.4, 0.5) is 24.5 Å². The third-order valence-electron chi connectivity index (χ3n) is 3.80. The Bertz CT molecular complexity index is 1100. The highest BCUT2D eigenvalue weighted by molar-refractivity contribution is 6.34. The van der Waals surface area contributed by atoms with Crippen LogP contribution >= 0.6 is 11.6 Å². The average Bonchev–Trinajstić information content (AvgIpc) is 2.69. The Morgan fingerprint density at radius 2 is 1.80 bits per heavy atom. The summed E-state index contributed by atoms with van der Waals surface area (Å²) >= 11 is 5.93. The zero-order valence-electron chi connectivity index (χ0n) is 14.8. The molecule has 11 heteroatoms. The number of carbonyl (C=O) groups is 1. The van der Waals surface area contributed by atoms with Gasteiger partial charge in [-0.1, -0.05) is 11.6 Å². The standard InChI is InChI=1S/C19H11ClF3N3O4/c20-16-6-3-13(26(28)29)10-15(16)18(27)25-12-1-4-14(5-2-12)30-17-9-11(7-8-24-17)19(21,22)23/h1-10H,(H,25,27). The van der Waals surface area contributed by atoms with Gasteiger partial charge in [0.2, 0.25) is 5.88 Å². The highest BCUT2D eigenvalue weighted by Crippen LogP contribution is 2.32. The molecular weight excluding hydrogens is 427 g/mol. The Kier molecular flexibility index (Phi) is 5.88. The highest BCUT2D eigenvalue weighted by atomic mass is 35.5. The zero-order valence-corrected chi connectivity index (χ0v) is 15.6. The first kappa shape index (κ1) is 21.1. The van der Waals surface area contributed by atoms with Gasteiger partial charge in [-0.25, -0.2) is 4.98 Å². The van der Waals surface area contributed by atoms with Gasteiger partial charge in [-0.2, -0.15) is 13.2 Å². The van der Waals surface area contributed by atoms with Crippen molar-refractivity contribution in [3.63, 3.8) is 0 Å². The second-order valence-corrected chi connectivity index (χ2v) is 6.29. The molecule has 0 aliphatic rings. The number of nitro groups is 1. The molecule has 0 radical (unpaired) electrons. The van der Waals surface area contributed by atoms with Gasteiger partial charge in [0.1, 0.15) is 5.75 Å². The van der Waals surface area contributed by atoms with E-state index in [4.69, 9.17) is 16.3 Å². The van der Waals surface area contributed by atoms with Crippen molar-refractivity contribution in [3.8, 4) is 11.6 Å². The number of non-ortho nitro benzene ring substituents is 1. The summed E-state index contributed by atoms with van der Waals surface area (Å²) in [5, 5.41) is 13.4. The molecule has 3 rings (SSSR count). The maximum atomic E-state index is 12.7. The molecule has 1 amide bonds. The fourth-order valence-electron chi connectivity index (χ4n) is 2.37. The molecule has 0 unspecified atom stereocenters. The summed E-state index contributed by atoms with van der Waals surface area (Å²) < 4.78 is 43.5. The summed E-state index contributed by atoms with van der Waals surface area (Å²) in [5.41, 5.74) is -0.960. The zero-order chi connectivity index (χ0) is 21.9. The van der Waals surface area contributed by atoms with Crippen LogP contribution in [0, 0.1) is 10.1 Å². The van der Waals surface area contributed by atoms with Gasteiger partial charge in [-0.3, -0.25) is 14.9 Å². The summed E-state index contributed by atoms with van der Waals surface area (Å²) in [6.07, 6.45) is -3.54. The molecule has 0 fully saturated rings. The van der Waals surface area contributed by atoms with E-state index < -0.39 is 22.6 Å². The lowest BCUT2D eigenvalue weighted by Gasteiger charge is -2.10. The van der Waals surface area contributed by atoms with Crippen LogP contribution in [0.15, 0.2) is 60.8 Å². The van der Waals surface area contributed by atoms with Crippen molar-refractivity contribution in [2.75, 3.05) is 5.32 Å². The van der Waals surface area contributed by atoms with Crippen LogP contribution in [0.5, 0.6) is 11.6 Å². The Labute approximate surface area is 172 Å². The number of nitrogens with zero attached hydrogens (tertiary/aromatic N) is 2. The molecule has 0 aliphatic heterocycles. The lowest BCUT2D eigenvalue weighted by atomic mass is 10.2. The number of benzene rings is 2. The van der Waals surface area contributed by atoms with Crippen LogP contribution in [-0.2, 0) is 6.18 Å². The largest absolute Gasteiger partial charge is 0.439 e. The molecule has 0 saturated carbocycles. The minimum absolute atomic E-state index is 0.0358. The van der Waals surface area contributed by atoms with Crippen molar-refractivity contribution in [2.24, 2.45) is 0 Å². The molecule has 7 nitrogen and oxygen atoms in total. The Hall–Kier alpha value is -3.66. The number of ether oxygens (including phenoxy) is 1. The van der Waals surface area contributed by atoms with Gasteiger partial charge in [0.25, 0.3) is 11.6 Å². The third kappa shape index (κ3) is 5.03. The maximum Gasteiger partial charge on any atom is 0.416 e. The van der Waals surface area contributed by atoms with Crippen LogP contribution in [0.25, 0.3) is 0 Å². The molecule has 3 aromatic rings. The van der Waals surface area contributed by atoms with E-state index in [0.29, 0.717) is 5.69 Å². The van der Waals surface area contributed by atoms with E-state index in [1.54, 1.807) is 0 Å². The molecular formula is C19H11ClF3N3O4. The molecule has 0 bridgehead atoms. The second-order valence-electron chi connectivity index (χ2n) is 5.88. The van der Waals surface area contributed by atoms with E-state index in [9.17, 15) is 28.1 Å². The summed E-state index contributed by atoms with van der Waals surface area (Å²) in [6, 6.07) is 10.7. The first-order valence-corrected chi connectivity index (χ1v) is 8.58. The third-order valence-corrected chi connectivity index (χ3v) is 4.13. The number of carbonyl (C=O) groups excluding carboxylic acids is 1. The van der Waals surface area contributed by atoms with Gasteiger partial charge in [-0.05, 0) is 36.4 Å². The van der Waals surface area contributed by atoms with Crippen LogP contribution in [0.3, 0.4) is 0 Å². The fourth-order valence-corrected chi connectivity index (χ4v) is 2.57. The number of amides is 1. The van der Waals surface area contributed by atoms with Gasteiger partial charge in [0.05, 0.1) is 21.1 Å². The minimum atomic E-state index is -4.52. The molecule has 0 aliphatic carbocycles. The van der Waals surface area contributed by atoms with Crippen molar-refractivity contribution < 1.29 is 27.6 Å². The van der Waals surface area contributed by atoms with Crippen molar-refractivity contribution in [3.05, 3.63) is 87.1 Å². The molecule has 0 saturated heterocycles. The Balaban J connectivity index is 1.72. The molecule has 30 heavy (non-hydrogen) atoms. The normalized spacial score (nSPS) is 11.1. The van der Waals surface area contributed by atoms with E-state index in [-0.39, 0.29) is 27.9 Å². The molecule has 1 aromatic heterocycles. The first-order valence-electron chi connectivity index (χ1n) is 8.20. The van der Waals surface area contributed by atoms with Gasteiger partial charge in [0.15, 0.2) is 0 Å². The topological polar surface area (TPSA) is 94.4 Å². The van der Waals surface area contributed by atoms with Crippen LogP contribution in [0.1, 0.15) is 15.9 Å². The lowest BCUT2D eigenvalue weighted by molar-refractivity contribution is -0.384. The van der Waals surface area contributed by atoms with Crippen LogP contribution in [0.2, 0.25) is 5.02 Å². The second kappa shape index (κ2) is 8.37. The highest BCUT2D eigenvalue weighted by Gasteiger charge is 2.31. The molecule has 154 valence electrons. The summed E-state index contributed by atoms with van der Waals surface area (Å²) in [5.74, 6) is -0.727. The minimum Gasteiger partial charge on any atom is -0.439 e. The number of aromatic nitrogens is 1. The number of anilines is 1. The van der Waals surface area contributed by atoms with Crippen LogP contribution in [-0.4, -0.2) is 15.8 Å². The van der Waals surface area contributed by atoms with Crippen molar-refractivity contribution in [1.82, 2.24) is 4.98 Å². The van der Waals surface area contributed by atoms with Gasteiger partial charge < -0.3 is 10.1 Å². The van der Waals surface area contributed by atoms with Crippen molar-refractivity contribution >= 4 is 28.9 Å². The smallest absolute Gasteiger partial charge is 0.416 e. The predicted octanol–water partition coefficient (Wildman–Crippen LogP) is 5.71. The molecule has 1 N–H and O–H groups in total. The number of halogens is 4. The number of pyridine rings is 1. The summed E-state index contributed by atoms with van der Waals surface area (Å²) in [4.78, 5) is 26.3. The molecule has 0 spiro atoms. The fraction of sp³-hybridized carbons (Fsp3) is 0.0526. The number of rotatable bonds is 5. The summed E-state index contributed by atoms with van der Waals surface area (Å²) in [6.45, 7) is 0. The van der Waals surface area contributed by atoms with Gasteiger partial charge >= 0.3 is 6.18 Å². The number of nitro benzene ring substituents is 1. The van der Waals surface area contributed by atoms with Crippen molar-refractivity contribution in [2.45, 2.75) is 6.18 Å². The Morgan fingerprint density at radius 3 is 2.43 bits per heavy atom. The Morgan fingerprint density at radius 1 is 1.10 bits per heavy atom. The predicted molar refractivity (Wildman–Crippen MR) is 102 cm³/mol. The molecule has 0 atom stereocenters. The number of nitrogens with one attached hydrogen (secondary N) is 1. The van der Waals surface area contributed by atoms with E-state index in [0.717, 1.165) is 24.4 Å². The molecule has 2 aromatic carbocycles. The van der Waals surface area contributed by atoms with Crippen LogP contribution < -0.4 is 10.1 Å². The number of alkyl halides is 3. The quantitative estimate of drug-likeness (QED) is 0.407. The van der Waals surface area contributed by atoms with E-state index in [1.165, 1.54) is 36.4 Å². The van der Waals surface area contributed by atoms with Gasteiger partial charge in [-0.15, -0.1) is 0 Å². The SMILES string of the molecule is O=C(Nc1ccc(Oc2cc(C(F)(F)F)ccn2)cc1)c1cc([N+](=O)[O-])ccc1Cl.